The summed E-state index contributed by atoms with van der Waals surface area (Å²) < 4.78 is 1.95. The quantitative estimate of drug-likeness (QED) is 0.516. The van der Waals surface area contributed by atoms with Gasteiger partial charge in [0.05, 0.1) is 11.4 Å². The third-order valence-electron chi connectivity index (χ3n) is 4.19. The monoisotopic (exact) mass is 319 g/mol. The Hall–Kier alpha value is -2.46. The predicted molar refractivity (Wildman–Crippen MR) is 96.4 cm³/mol. The Labute approximate surface area is 139 Å². The molecule has 0 saturated heterocycles. The van der Waals surface area contributed by atoms with E-state index in [0.29, 0.717) is 0 Å². The van der Waals surface area contributed by atoms with Gasteiger partial charge in [-0.15, -0.1) is 11.3 Å². The molecule has 4 aromatic rings. The van der Waals surface area contributed by atoms with Crippen LogP contribution in [0.15, 0.2) is 47.8 Å². The highest BCUT2D eigenvalue weighted by Gasteiger charge is 2.18. The smallest absolute Gasteiger partial charge is 0.163 e. The fourth-order valence-corrected chi connectivity index (χ4v) is 4.08. The van der Waals surface area contributed by atoms with Gasteiger partial charge in [0.25, 0.3) is 0 Å². The lowest BCUT2D eigenvalue weighted by Crippen LogP contribution is -1.99. The molecule has 114 valence electrons. The van der Waals surface area contributed by atoms with Crippen molar-refractivity contribution in [3.63, 3.8) is 0 Å². The van der Waals surface area contributed by atoms with E-state index in [9.17, 15) is 0 Å². The van der Waals surface area contributed by atoms with E-state index in [-0.39, 0.29) is 0 Å². The van der Waals surface area contributed by atoms with Crippen LogP contribution in [-0.4, -0.2) is 14.8 Å². The van der Waals surface area contributed by atoms with Gasteiger partial charge in [-0.25, -0.2) is 9.67 Å². The van der Waals surface area contributed by atoms with Gasteiger partial charge in [0.2, 0.25) is 0 Å². The molecule has 4 heteroatoms. The average molecular weight is 319 g/mol. The zero-order valence-corrected chi connectivity index (χ0v) is 14.2. The lowest BCUT2D eigenvalue weighted by Gasteiger charge is -2.10. The molecule has 0 fully saturated rings. The lowest BCUT2D eigenvalue weighted by atomic mass is 10.0. The van der Waals surface area contributed by atoms with E-state index in [1.165, 1.54) is 16.0 Å². The normalized spacial score (nSPS) is 11.3. The van der Waals surface area contributed by atoms with Crippen molar-refractivity contribution in [3.05, 3.63) is 64.8 Å². The molecule has 3 aromatic heterocycles. The van der Waals surface area contributed by atoms with Crippen molar-refractivity contribution in [3.8, 4) is 16.1 Å². The fourth-order valence-electron chi connectivity index (χ4n) is 3.20. The number of pyridine rings is 1. The van der Waals surface area contributed by atoms with E-state index in [2.05, 4.69) is 50.4 Å². The van der Waals surface area contributed by atoms with E-state index >= 15 is 0 Å². The van der Waals surface area contributed by atoms with E-state index in [0.717, 1.165) is 28.1 Å². The highest BCUT2D eigenvalue weighted by molar-refractivity contribution is 7.13. The highest BCUT2D eigenvalue weighted by atomic mass is 32.1. The number of rotatable bonds is 2. The van der Waals surface area contributed by atoms with Crippen LogP contribution in [0.5, 0.6) is 0 Å². The molecule has 0 unspecified atom stereocenters. The van der Waals surface area contributed by atoms with Gasteiger partial charge in [-0.1, -0.05) is 24.3 Å². The van der Waals surface area contributed by atoms with Crippen LogP contribution in [0.1, 0.15) is 17.0 Å². The summed E-state index contributed by atoms with van der Waals surface area (Å²) in [6.45, 7) is 6.32. The molecule has 0 N–H and O–H groups in total. The molecule has 0 spiro atoms. The first-order valence-corrected chi connectivity index (χ1v) is 8.50. The summed E-state index contributed by atoms with van der Waals surface area (Å²) >= 11 is 1.75. The molecule has 0 amide bonds. The summed E-state index contributed by atoms with van der Waals surface area (Å²) in [4.78, 5) is 6.16. The molecule has 0 aliphatic rings. The number of aromatic nitrogens is 3. The van der Waals surface area contributed by atoms with Crippen molar-refractivity contribution in [2.75, 3.05) is 0 Å². The Bertz CT molecular complexity index is 983. The molecule has 0 atom stereocenters. The third kappa shape index (κ3) is 2.18. The predicted octanol–water partition coefficient (Wildman–Crippen LogP) is 5.07. The average Bonchev–Trinajstić information content (AvgIpc) is 3.17. The molecule has 0 bridgehead atoms. The summed E-state index contributed by atoms with van der Waals surface area (Å²) in [7, 11) is 0. The zero-order chi connectivity index (χ0) is 16.0. The van der Waals surface area contributed by atoms with Gasteiger partial charge in [0.1, 0.15) is 0 Å². The van der Waals surface area contributed by atoms with Gasteiger partial charge in [0, 0.05) is 21.5 Å². The Morgan fingerprint density at radius 3 is 2.39 bits per heavy atom. The molecule has 4 rings (SSSR count). The van der Waals surface area contributed by atoms with Crippen LogP contribution in [0.4, 0.5) is 0 Å². The molecule has 0 aliphatic carbocycles. The number of fused-ring (bicyclic) bond motifs is 1. The second kappa shape index (κ2) is 5.32. The molecular weight excluding hydrogens is 302 g/mol. The Kier molecular flexibility index (Phi) is 3.27. The number of nitrogens with zero attached hydrogens (tertiary/aromatic N) is 3. The van der Waals surface area contributed by atoms with Crippen molar-refractivity contribution in [1.82, 2.24) is 14.8 Å². The van der Waals surface area contributed by atoms with Gasteiger partial charge in [-0.3, -0.25) is 0 Å². The minimum Gasteiger partial charge on any atom is -0.233 e. The second-order valence-corrected chi connectivity index (χ2v) is 6.65. The van der Waals surface area contributed by atoms with Crippen LogP contribution in [0.2, 0.25) is 0 Å². The number of thiophene rings is 1. The van der Waals surface area contributed by atoms with Gasteiger partial charge in [-0.05, 0) is 49.9 Å². The summed E-state index contributed by atoms with van der Waals surface area (Å²) in [6.07, 6.45) is 0. The maximum Gasteiger partial charge on any atom is 0.163 e. The molecule has 3 heterocycles. The van der Waals surface area contributed by atoms with Crippen LogP contribution in [0.3, 0.4) is 0 Å². The molecule has 1 aromatic carbocycles. The first-order chi connectivity index (χ1) is 11.2. The van der Waals surface area contributed by atoms with E-state index in [4.69, 9.17) is 10.1 Å². The maximum absolute atomic E-state index is 4.90. The van der Waals surface area contributed by atoms with E-state index < -0.39 is 0 Å². The minimum absolute atomic E-state index is 0.934. The highest BCUT2D eigenvalue weighted by Crippen LogP contribution is 2.35. The summed E-state index contributed by atoms with van der Waals surface area (Å²) in [6, 6.07) is 14.4. The van der Waals surface area contributed by atoms with Crippen molar-refractivity contribution >= 4 is 22.4 Å². The van der Waals surface area contributed by atoms with Gasteiger partial charge < -0.3 is 0 Å². The van der Waals surface area contributed by atoms with Gasteiger partial charge in [0.15, 0.2) is 5.65 Å². The van der Waals surface area contributed by atoms with Crippen LogP contribution >= 0.6 is 11.3 Å². The van der Waals surface area contributed by atoms with Crippen molar-refractivity contribution in [2.24, 2.45) is 0 Å². The second-order valence-electron chi connectivity index (χ2n) is 5.71. The first kappa shape index (κ1) is 14.2. The SMILES string of the molecule is Cc1nc2c(c(C)nn2-c2ccccc2)c(C)c1-c1cccs1. The molecular formula is C19H17N3S. The lowest BCUT2D eigenvalue weighted by molar-refractivity contribution is 0.875. The molecule has 23 heavy (non-hydrogen) atoms. The van der Waals surface area contributed by atoms with Crippen LogP contribution in [-0.2, 0) is 0 Å². The summed E-state index contributed by atoms with van der Waals surface area (Å²) in [5.74, 6) is 0. The van der Waals surface area contributed by atoms with E-state index in [1.54, 1.807) is 11.3 Å². The fraction of sp³-hybridized carbons (Fsp3) is 0.158. The largest absolute Gasteiger partial charge is 0.233 e. The van der Waals surface area contributed by atoms with Gasteiger partial charge in [-0.2, -0.15) is 5.10 Å². The number of hydrogen-bond acceptors (Lipinski definition) is 3. The third-order valence-corrected chi connectivity index (χ3v) is 5.08. The molecule has 0 aliphatic heterocycles. The summed E-state index contributed by atoms with van der Waals surface area (Å²) in [5, 5.41) is 8.01. The Morgan fingerprint density at radius 2 is 1.70 bits per heavy atom. The number of para-hydroxylation sites is 1. The maximum atomic E-state index is 4.90. The van der Waals surface area contributed by atoms with Gasteiger partial charge >= 0.3 is 0 Å². The summed E-state index contributed by atoms with van der Waals surface area (Å²) in [5.41, 5.74) is 6.55. The van der Waals surface area contributed by atoms with Crippen LogP contribution in [0.25, 0.3) is 27.2 Å². The van der Waals surface area contributed by atoms with Crippen molar-refractivity contribution in [1.29, 1.82) is 0 Å². The van der Waals surface area contributed by atoms with Crippen LogP contribution < -0.4 is 0 Å². The molecule has 3 nitrogen and oxygen atoms in total. The van der Waals surface area contributed by atoms with E-state index in [1.807, 2.05) is 22.9 Å². The molecule has 0 saturated carbocycles. The number of hydrogen-bond donors (Lipinski definition) is 0. The number of benzene rings is 1. The Balaban J connectivity index is 2.05. The number of aryl methyl sites for hydroxylation is 3. The topological polar surface area (TPSA) is 30.7 Å². The molecule has 0 radical (unpaired) electrons. The van der Waals surface area contributed by atoms with Crippen LogP contribution in [0, 0.1) is 20.8 Å². The Morgan fingerprint density at radius 1 is 0.913 bits per heavy atom. The first-order valence-electron chi connectivity index (χ1n) is 7.62. The van der Waals surface area contributed by atoms with Crippen molar-refractivity contribution in [2.45, 2.75) is 20.8 Å². The zero-order valence-electron chi connectivity index (χ0n) is 13.4. The minimum atomic E-state index is 0.934. The standard InChI is InChI=1S/C19H17N3S/c1-12-17(16-10-7-11-23-16)13(2)20-19-18(12)14(3)21-22(19)15-8-5-4-6-9-15/h4-11H,1-3H3. The van der Waals surface area contributed by atoms with Crippen molar-refractivity contribution < 1.29 is 0 Å².